The van der Waals surface area contributed by atoms with Gasteiger partial charge in [-0.2, -0.15) is 13.2 Å². The summed E-state index contributed by atoms with van der Waals surface area (Å²) < 4.78 is 43.2. The lowest BCUT2D eigenvalue weighted by Gasteiger charge is -2.28. The van der Waals surface area contributed by atoms with Gasteiger partial charge < -0.3 is 15.4 Å². The molecule has 0 aliphatic carbocycles. The number of rotatable bonds is 8. The van der Waals surface area contributed by atoms with Gasteiger partial charge in [0.15, 0.2) is 5.96 Å². The maximum absolute atomic E-state index is 12.6. The molecule has 0 bridgehead atoms. The minimum atomic E-state index is -4.29. The molecule has 1 aliphatic heterocycles. The van der Waals surface area contributed by atoms with Crippen LogP contribution in [-0.4, -0.2) is 63.3 Å². The first-order valence-corrected chi connectivity index (χ1v) is 9.87. The first-order valence-electron chi connectivity index (χ1n) is 9.87. The van der Waals surface area contributed by atoms with Gasteiger partial charge in [-0.05, 0) is 37.0 Å². The largest absolute Gasteiger partial charge is 0.416 e. The third-order valence-electron chi connectivity index (χ3n) is 4.57. The third kappa shape index (κ3) is 9.99. The van der Waals surface area contributed by atoms with Gasteiger partial charge in [0.2, 0.25) is 0 Å². The maximum atomic E-state index is 12.6. The van der Waals surface area contributed by atoms with E-state index in [0.717, 1.165) is 63.0 Å². The van der Waals surface area contributed by atoms with Crippen LogP contribution in [0.25, 0.3) is 0 Å². The molecule has 1 aliphatic rings. The van der Waals surface area contributed by atoms with Gasteiger partial charge in [0.1, 0.15) is 0 Å². The molecule has 5 nitrogen and oxygen atoms in total. The van der Waals surface area contributed by atoms with Crippen LogP contribution in [0.2, 0.25) is 0 Å². The van der Waals surface area contributed by atoms with Gasteiger partial charge in [0.25, 0.3) is 0 Å². The van der Waals surface area contributed by atoms with Gasteiger partial charge in [-0.1, -0.05) is 19.1 Å². The van der Waals surface area contributed by atoms with Crippen molar-refractivity contribution in [3.05, 3.63) is 35.4 Å². The number of aliphatic imine (C=N–C) groups is 1. The molecule has 0 spiro atoms. The first-order chi connectivity index (χ1) is 13.4. The van der Waals surface area contributed by atoms with Crippen LogP contribution in [0, 0.1) is 5.92 Å². The van der Waals surface area contributed by atoms with E-state index in [1.807, 2.05) is 6.92 Å². The number of hydrogen-bond donors (Lipinski definition) is 2. The second-order valence-corrected chi connectivity index (χ2v) is 7.11. The van der Waals surface area contributed by atoms with Gasteiger partial charge in [0.05, 0.1) is 18.8 Å². The van der Waals surface area contributed by atoms with Gasteiger partial charge >= 0.3 is 6.18 Å². The van der Waals surface area contributed by atoms with Crippen LogP contribution < -0.4 is 10.6 Å². The number of ether oxygens (including phenoxy) is 1. The van der Waals surface area contributed by atoms with Crippen LogP contribution >= 0.6 is 24.0 Å². The fourth-order valence-electron chi connectivity index (χ4n) is 3.06. The molecule has 2 rings (SSSR count). The van der Waals surface area contributed by atoms with E-state index in [4.69, 9.17) is 4.74 Å². The summed E-state index contributed by atoms with van der Waals surface area (Å²) >= 11 is 0. The van der Waals surface area contributed by atoms with E-state index in [9.17, 15) is 13.2 Å². The summed E-state index contributed by atoms with van der Waals surface area (Å²) in [6.07, 6.45) is -3.66. The highest BCUT2D eigenvalue weighted by Crippen LogP contribution is 2.29. The number of nitrogens with zero attached hydrogens (tertiary/aromatic N) is 2. The van der Waals surface area contributed by atoms with Gasteiger partial charge in [-0.25, -0.2) is 0 Å². The number of benzene rings is 1. The Labute approximate surface area is 188 Å². The van der Waals surface area contributed by atoms with E-state index in [2.05, 4.69) is 27.4 Å². The van der Waals surface area contributed by atoms with Gasteiger partial charge in [0, 0.05) is 39.3 Å². The molecule has 1 atom stereocenters. The van der Waals surface area contributed by atoms with E-state index in [1.54, 1.807) is 0 Å². The van der Waals surface area contributed by atoms with E-state index in [-0.39, 0.29) is 24.0 Å². The topological polar surface area (TPSA) is 48.9 Å². The van der Waals surface area contributed by atoms with Crippen LogP contribution in [0.3, 0.4) is 0 Å². The predicted molar refractivity (Wildman–Crippen MR) is 121 cm³/mol. The van der Waals surface area contributed by atoms with Crippen molar-refractivity contribution < 1.29 is 17.9 Å². The Hall–Kier alpha value is -1.07. The highest BCUT2D eigenvalue weighted by molar-refractivity contribution is 14.0. The van der Waals surface area contributed by atoms with E-state index in [1.165, 1.54) is 12.1 Å². The lowest BCUT2D eigenvalue weighted by Crippen LogP contribution is -2.40. The number of nitrogens with one attached hydrogen (secondary N) is 2. The summed E-state index contributed by atoms with van der Waals surface area (Å²) in [5, 5.41) is 6.47. The maximum Gasteiger partial charge on any atom is 0.416 e. The number of alkyl halides is 3. The standard InChI is InChI=1S/C20H31F3N4O.HI/c1-3-24-19(26-14-16(2)15-27-10-12-28-13-11-27)25-9-8-17-4-6-18(7-5-17)20(21,22)23;/h4-7,16H,3,8-15H2,1-2H3,(H2,24,25,26);1H. The zero-order valence-corrected chi connectivity index (χ0v) is 19.4. The molecule has 29 heavy (non-hydrogen) atoms. The molecule has 1 aromatic rings. The summed E-state index contributed by atoms with van der Waals surface area (Å²) in [4.78, 5) is 7.04. The van der Waals surface area contributed by atoms with E-state index in [0.29, 0.717) is 25.4 Å². The second kappa shape index (κ2) is 13.3. The molecule has 1 heterocycles. The highest BCUT2D eigenvalue weighted by Gasteiger charge is 2.29. The highest BCUT2D eigenvalue weighted by atomic mass is 127. The molecule has 0 amide bonds. The molecule has 1 saturated heterocycles. The van der Waals surface area contributed by atoms with Crippen LogP contribution in [-0.2, 0) is 17.3 Å². The molecule has 1 unspecified atom stereocenters. The lowest BCUT2D eigenvalue weighted by atomic mass is 10.1. The van der Waals surface area contributed by atoms with Crippen molar-refractivity contribution in [2.75, 3.05) is 52.5 Å². The number of guanidine groups is 1. The van der Waals surface area contributed by atoms with Crippen molar-refractivity contribution in [1.82, 2.24) is 15.5 Å². The molecule has 0 aromatic heterocycles. The average molecular weight is 528 g/mol. The quantitative estimate of drug-likeness (QED) is 0.309. The summed E-state index contributed by atoms with van der Waals surface area (Å²) in [5.74, 6) is 1.17. The van der Waals surface area contributed by atoms with E-state index < -0.39 is 11.7 Å². The summed E-state index contributed by atoms with van der Waals surface area (Å²) in [6.45, 7) is 10.8. The molecule has 1 aromatic carbocycles. The minimum absolute atomic E-state index is 0. The Morgan fingerprint density at radius 1 is 1.17 bits per heavy atom. The molecule has 0 radical (unpaired) electrons. The molecule has 166 valence electrons. The predicted octanol–water partition coefficient (Wildman–Crippen LogP) is 3.39. The van der Waals surface area contributed by atoms with Crippen molar-refractivity contribution in [1.29, 1.82) is 0 Å². The molecular weight excluding hydrogens is 496 g/mol. The number of hydrogen-bond acceptors (Lipinski definition) is 3. The van der Waals surface area contributed by atoms with Crippen LogP contribution in [0.4, 0.5) is 13.2 Å². The van der Waals surface area contributed by atoms with Crippen molar-refractivity contribution in [2.24, 2.45) is 10.9 Å². The molecule has 9 heteroatoms. The lowest BCUT2D eigenvalue weighted by molar-refractivity contribution is -0.137. The van der Waals surface area contributed by atoms with Gasteiger partial charge in [-0.15, -0.1) is 24.0 Å². The SMILES string of the molecule is CCNC(=NCC(C)CN1CCOCC1)NCCc1ccc(C(F)(F)F)cc1.I. The molecule has 2 N–H and O–H groups in total. The molecule has 0 saturated carbocycles. The normalized spacial score (nSPS) is 16.8. The monoisotopic (exact) mass is 528 g/mol. The smallest absolute Gasteiger partial charge is 0.379 e. The second-order valence-electron chi connectivity index (χ2n) is 7.11. The van der Waals surface area contributed by atoms with Crippen molar-refractivity contribution >= 4 is 29.9 Å². The summed E-state index contributed by atoms with van der Waals surface area (Å²) in [5.41, 5.74) is 0.241. The summed E-state index contributed by atoms with van der Waals surface area (Å²) in [6, 6.07) is 5.31. The Balaban J connectivity index is 0.00000420. The van der Waals surface area contributed by atoms with Crippen LogP contribution in [0.5, 0.6) is 0 Å². The van der Waals surface area contributed by atoms with Gasteiger partial charge in [-0.3, -0.25) is 9.89 Å². The average Bonchev–Trinajstić information content (AvgIpc) is 2.66. The number of halogens is 4. The molecular formula is C20H32F3IN4O. The minimum Gasteiger partial charge on any atom is -0.379 e. The zero-order valence-electron chi connectivity index (χ0n) is 17.1. The fraction of sp³-hybridized carbons (Fsp3) is 0.650. The Kier molecular flexibility index (Phi) is 11.9. The summed E-state index contributed by atoms with van der Waals surface area (Å²) in [7, 11) is 0. The zero-order chi connectivity index (χ0) is 20.4. The van der Waals surface area contributed by atoms with Crippen molar-refractivity contribution in [2.45, 2.75) is 26.4 Å². The van der Waals surface area contributed by atoms with Crippen molar-refractivity contribution in [3.63, 3.8) is 0 Å². The number of morpholine rings is 1. The van der Waals surface area contributed by atoms with Crippen molar-refractivity contribution in [3.8, 4) is 0 Å². The Morgan fingerprint density at radius 2 is 1.83 bits per heavy atom. The first kappa shape index (κ1) is 26.0. The van der Waals surface area contributed by atoms with Crippen LogP contribution in [0.15, 0.2) is 29.3 Å². The third-order valence-corrected chi connectivity index (χ3v) is 4.57. The fourth-order valence-corrected chi connectivity index (χ4v) is 3.06. The van der Waals surface area contributed by atoms with E-state index >= 15 is 0 Å². The Morgan fingerprint density at radius 3 is 2.41 bits per heavy atom. The van der Waals surface area contributed by atoms with Crippen LogP contribution in [0.1, 0.15) is 25.0 Å². The molecule has 1 fully saturated rings. The Bertz CT molecular complexity index is 605.